The van der Waals surface area contributed by atoms with Gasteiger partial charge in [-0.25, -0.2) is 4.79 Å². The lowest BCUT2D eigenvalue weighted by Gasteiger charge is -2.12. The maximum atomic E-state index is 10.6. The van der Waals surface area contributed by atoms with E-state index in [4.69, 9.17) is 20.2 Å². The highest BCUT2D eigenvalue weighted by molar-refractivity contribution is 5.73. The summed E-state index contributed by atoms with van der Waals surface area (Å²) in [5.41, 5.74) is 5.63. The van der Waals surface area contributed by atoms with Gasteiger partial charge in [0.1, 0.15) is 6.10 Å². The van der Waals surface area contributed by atoms with Crippen LogP contribution in [0.1, 0.15) is 38.1 Å². The molecule has 116 valence electrons. The highest BCUT2D eigenvalue weighted by Crippen LogP contribution is 2.14. The number of alkyl halides is 3. The van der Waals surface area contributed by atoms with Crippen LogP contribution < -0.4 is 5.73 Å². The number of aliphatic carboxylic acids is 1. The van der Waals surface area contributed by atoms with Crippen molar-refractivity contribution in [3.05, 3.63) is 11.7 Å². The molecule has 0 saturated heterocycles. The number of rotatable bonds is 4. The zero-order valence-electron chi connectivity index (χ0n) is 10.9. The van der Waals surface area contributed by atoms with Crippen LogP contribution in [0, 0.1) is 0 Å². The topological polar surface area (TPSA) is 122 Å². The Labute approximate surface area is 112 Å². The zero-order chi connectivity index (χ0) is 15.9. The van der Waals surface area contributed by atoms with Gasteiger partial charge < -0.3 is 20.5 Å². The minimum atomic E-state index is -5.08. The molecule has 20 heavy (non-hydrogen) atoms. The van der Waals surface area contributed by atoms with Crippen LogP contribution in [-0.4, -0.2) is 38.5 Å². The van der Waals surface area contributed by atoms with Crippen molar-refractivity contribution in [2.75, 3.05) is 0 Å². The second-order valence-corrected chi connectivity index (χ2v) is 3.72. The van der Waals surface area contributed by atoms with Gasteiger partial charge in [-0.1, -0.05) is 19.0 Å². The zero-order valence-corrected chi connectivity index (χ0v) is 10.9. The fraction of sp³-hybridized carbons (Fsp3) is 0.700. The lowest BCUT2D eigenvalue weighted by molar-refractivity contribution is -0.192. The van der Waals surface area contributed by atoms with Crippen LogP contribution in [0.2, 0.25) is 0 Å². The number of aromatic nitrogens is 2. The molecule has 0 amide bonds. The van der Waals surface area contributed by atoms with E-state index in [2.05, 4.69) is 10.1 Å². The molecule has 0 bridgehead atoms. The smallest absolute Gasteiger partial charge is 0.475 e. The van der Waals surface area contributed by atoms with Crippen molar-refractivity contribution >= 4 is 5.97 Å². The predicted molar refractivity (Wildman–Crippen MR) is 60.6 cm³/mol. The number of nitrogens with two attached hydrogens (primary N) is 1. The number of aryl methyl sites for hydroxylation is 1. The molecule has 1 unspecified atom stereocenters. The summed E-state index contributed by atoms with van der Waals surface area (Å²) in [5, 5.41) is 20.4. The molecular formula is C10H16F3N3O4. The molecule has 1 aromatic heterocycles. The van der Waals surface area contributed by atoms with Gasteiger partial charge in [-0.05, 0) is 6.42 Å². The summed E-state index contributed by atoms with van der Waals surface area (Å²) in [4.78, 5) is 12.9. The second kappa shape index (κ2) is 7.80. The van der Waals surface area contributed by atoms with Gasteiger partial charge in [-0.15, -0.1) is 0 Å². The van der Waals surface area contributed by atoms with Crippen molar-refractivity contribution in [3.63, 3.8) is 0 Å². The van der Waals surface area contributed by atoms with E-state index >= 15 is 0 Å². The number of hydrogen-bond acceptors (Lipinski definition) is 6. The largest absolute Gasteiger partial charge is 0.490 e. The Morgan fingerprint density at radius 2 is 1.95 bits per heavy atom. The van der Waals surface area contributed by atoms with Gasteiger partial charge in [-0.2, -0.15) is 18.2 Å². The summed E-state index contributed by atoms with van der Waals surface area (Å²) in [6.45, 7) is 3.80. The molecule has 10 heteroatoms. The van der Waals surface area contributed by atoms with E-state index in [-0.39, 0.29) is 11.9 Å². The molecule has 0 aliphatic carbocycles. The second-order valence-electron chi connectivity index (χ2n) is 3.72. The normalized spacial score (nSPS) is 14.2. The number of carbonyl (C=O) groups is 1. The number of hydrogen-bond donors (Lipinski definition) is 3. The van der Waals surface area contributed by atoms with Crippen LogP contribution in [0.5, 0.6) is 0 Å². The van der Waals surface area contributed by atoms with Crippen LogP contribution >= 0.6 is 0 Å². The van der Waals surface area contributed by atoms with Gasteiger partial charge in [0.25, 0.3) is 0 Å². The predicted octanol–water partition coefficient (Wildman–Crippen LogP) is 1.04. The lowest BCUT2D eigenvalue weighted by Crippen LogP contribution is -2.28. The van der Waals surface area contributed by atoms with Crippen LogP contribution in [-0.2, 0) is 11.2 Å². The minimum Gasteiger partial charge on any atom is -0.475 e. The van der Waals surface area contributed by atoms with E-state index < -0.39 is 18.2 Å². The number of aliphatic hydroxyl groups excluding tert-OH is 1. The molecule has 0 aliphatic heterocycles. The summed E-state index contributed by atoms with van der Waals surface area (Å²) in [7, 11) is 0. The van der Waals surface area contributed by atoms with Crippen molar-refractivity contribution in [1.82, 2.24) is 10.1 Å². The van der Waals surface area contributed by atoms with E-state index in [0.29, 0.717) is 18.7 Å². The molecule has 0 fully saturated rings. The van der Waals surface area contributed by atoms with Gasteiger partial charge in [0.2, 0.25) is 11.7 Å². The molecule has 0 aromatic carbocycles. The van der Waals surface area contributed by atoms with Gasteiger partial charge in [0, 0.05) is 12.5 Å². The third-order valence-electron chi connectivity index (χ3n) is 2.17. The Balaban J connectivity index is 0.000000441. The summed E-state index contributed by atoms with van der Waals surface area (Å²) >= 11 is 0. The van der Waals surface area contributed by atoms with E-state index in [1.54, 1.807) is 0 Å². The Bertz CT molecular complexity index is 422. The van der Waals surface area contributed by atoms with Crippen LogP contribution in [0.3, 0.4) is 0 Å². The van der Waals surface area contributed by atoms with E-state index in [9.17, 15) is 18.3 Å². The molecule has 4 N–H and O–H groups in total. The first-order valence-corrected chi connectivity index (χ1v) is 5.69. The highest BCUT2D eigenvalue weighted by Gasteiger charge is 2.38. The average Bonchev–Trinajstić information content (AvgIpc) is 2.85. The standard InChI is InChI=1S/C8H15N3O2.C2HF3O2/c1-3-5(9)7(12)8-10-6(4-2)13-11-8;3-2(4,5)1(6)7/h5,7,12H,3-4,9H2,1-2H3;(H,6,7)/t5-,7?;/m0./s1. The van der Waals surface area contributed by atoms with Crippen LogP contribution in [0.4, 0.5) is 13.2 Å². The third-order valence-corrected chi connectivity index (χ3v) is 2.17. The lowest BCUT2D eigenvalue weighted by atomic mass is 10.1. The number of aliphatic hydroxyl groups is 1. The van der Waals surface area contributed by atoms with E-state index in [1.807, 2.05) is 13.8 Å². The Kier molecular flexibility index (Phi) is 7.14. The first-order chi connectivity index (χ1) is 9.13. The quantitative estimate of drug-likeness (QED) is 0.759. The molecule has 2 atom stereocenters. The number of nitrogens with zero attached hydrogens (tertiary/aromatic N) is 2. The summed E-state index contributed by atoms with van der Waals surface area (Å²) in [6, 6.07) is -0.331. The Morgan fingerprint density at radius 3 is 2.25 bits per heavy atom. The molecule has 0 saturated carbocycles. The molecule has 0 spiro atoms. The Morgan fingerprint density at radius 1 is 1.45 bits per heavy atom. The van der Waals surface area contributed by atoms with Crippen LogP contribution in [0.25, 0.3) is 0 Å². The van der Waals surface area contributed by atoms with Gasteiger partial charge in [-0.3, -0.25) is 0 Å². The van der Waals surface area contributed by atoms with Crippen LogP contribution in [0.15, 0.2) is 4.52 Å². The van der Waals surface area contributed by atoms with Crippen molar-refractivity contribution < 1.29 is 32.7 Å². The molecule has 0 radical (unpaired) electrons. The fourth-order valence-electron chi connectivity index (χ4n) is 0.947. The third kappa shape index (κ3) is 5.97. The van der Waals surface area contributed by atoms with E-state index in [1.165, 1.54) is 0 Å². The van der Waals surface area contributed by atoms with Crippen molar-refractivity contribution in [1.29, 1.82) is 0 Å². The minimum absolute atomic E-state index is 0.284. The average molecular weight is 299 g/mol. The number of carboxylic acids is 1. The van der Waals surface area contributed by atoms with Crippen molar-refractivity contribution in [3.8, 4) is 0 Å². The molecule has 1 aromatic rings. The molecule has 1 heterocycles. The highest BCUT2D eigenvalue weighted by atomic mass is 19.4. The molecule has 7 nitrogen and oxygen atoms in total. The molecule has 0 aliphatic rings. The maximum Gasteiger partial charge on any atom is 0.490 e. The van der Waals surface area contributed by atoms with Crippen molar-refractivity contribution in [2.45, 2.75) is 45.0 Å². The van der Waals surface area contributed by atoms with E-state index in [0.717, 1.165) is 0 Å². The fourth-order valence-corrected chi connectivity index (χ4v) is 0.947. The Hall–Kier alpha value is -1.68. The first-order valence-electron chi connectivity index (χ1n) is 5.69. The number of carboxylic acid groups (broad SMARTS) is 1. The first kappa shape index (κ1) is 18.3. The monoisotopic (exact) mass is 299 g/mol. The maximum absolute atomic E-state index is 10.6. The van der Waals surface area contributed by atoms with Gasteiger partial charge in [0.15, 0.2) is 0 Å². The SMILES string of the molecule is CCc1nc(C(O)[C@@H](N)CC)no1.O=C(O)C(F)(F)F. The summed E-state index contributed by atoms with van der Waals surface area (Å²) < 4.78 is 36.6. The van der Waals surface area contributed by atoms with Gasteiger partial charge in [0.05, 0.1) is 0 Å². The van der Waals surface area contributed by atoms with Gasteiger partial charge >= 0.3 is 12.1 Å². The summed E-state index contributed by atoms with van der Waals surface area (Å²) in [5.74, 6) is -1.95. The van der Waals surface area contributed by atoms with Crippen molar-refractivity contribution in [2.24, 2.45) is 5.73 Å². The summed E-state index contributed by atoms with van der Waals surface area (Å²) in [6.07, 6.45) is -4.56. The molecule has 1 rings (SSSR count). The number of halogens is 3. The molecular weight excluding hydrogens is 283 g/mol.